The first-order valence-corrected chi connectivity index (χ1v) is 13.5. The van der Waals surface area contributed by atoms with Crippen molar-refractivity contribution in [3.63, 3.8) is 0 Å². The van der Waals surface area contributed by atoms with Crippen LogP contribution in [0.5, 0.6) is 5.75 Å². The van der Waals surface area contributed by atoms with Crippen molar-refractivity contribution in [1.82, 2.24) is 9.99 Å². The molecule has 10 nitrogen and oxygen atoms in total. The third-order valence-corrected chi connectivity index (χ3v) is 10.4. The number of aromatic nitrogens is 1. The number of carbonyl (C=O) groups excluding carboxylic acids is 1. The molecule has 32 heavy (non-hydrogen) atoms. The maximum atomic E-state index is 13.0. The Kier molecular flexibility index (Phi) is 8.88. The summed E-state index contributed by atoms with van der Waals surface area (Å²) in [6, 6.07) is 1.48. The van der Waals surface area contributed by atoms with E-state index < -0.39 is 20.5 Å². The van der Waals surface area contributed by atoms with Crippen LogP contribution in [0.25, 0.3) is 0 Å². The van der Waals surface area contributed by atoms with Crippen LogP contribution in [0.3, 0.4) is 0 Å². The molecule has 1 unspecified atom stereocenters. The van der Waals surface area contributed by atoms with Crippen molar-refractivity contribution in [2.24, 2.45) is 0 Å². The van der Waals surface area contributed by atoms with Gasteiger partial charge >= 0.3 is 0 Å². The fourth-order valence-corrected chi connectivity index (χ4v) is 4.34. The van der Waals surface area contributed by atoms with Crippen LogP contribution in [-0.4, -0.2) is 72.8 Å². The lowest BCUT2D eigenvalue weighted by Gasteiger charge is -2.38. The van der Waals surface area contributed by atoms with Gasteiger partial charge in [0.1, 0.15) is 6.10 Å². The zero-order valence-electron chi connectivity index (χ0n) is 20.4. The Morgan fingerprint density at radius 3 is 2.50 bits per heavy atom. The molecule has 0 saturated heterocycles. The van der Waals surface area contributed by atoms with E-state index in [0.29, 0.717) is 12.2 Å². The van der Waals surface area contributed by atoms with E-state index in [4.69, 9.17) is 23.4 Å². The summed E-state index contributed by atoms with van der Waals surface area (Å²) < 4.78 is 28.9. The van der Waals surface area contributed by atoms with E-state index in [1.165, 1.54) is 27.4 Å². The number of hydrogen-bond acceptors (Lipinski definition) is 8. The molecule has 11 heteroatoms. The lowest BCUT2D eigenvalue weighted by molar-refractivity contribution is -0.139. The molecule has 0 saturated carbocycles. The minimum absolute atomic E-state index is 0.0119. The number of nitrogens with one attached hydrogen (secondary N) is 2. The van der Waals surface area contributed by atoms with E-state index >= 15 is 0 Å². The van der Waals surface area contributed by atoms with Gasteiger partial charge in [0.2, 0.25) is 5.43 Å². The van der Waals surface area contributed by atoms with Crippen LogP contribution in [-0.2, 0) is 18.6 Å². The number of hydrogen-bond donors (Lipinski definition) is 2. The molecule has 1 aliphatic heterocycles. The Labute approximate surface area is 190 Å². The molecule has 0 aromatic carbocycles. The molecule has 1 amide bonds. The second kappa shape index (κ2) is 10.8. The van der Waals surface area contributed by atoms with Gasteiger partial charge in [0.25, 0.3) is 5.91 Å². The first-order chi connectivity index (χ1) is 15.0. The monoisotopic (exact) mass is 471 g/mol. The average molecular weight is 472 g/mol. The quantitative estimate of drug-likeness (QED) is 0.286. The predicted octanol–water partition coefficient (Wildman–Crippen LogP) is 1.84. The lowest BCUT2D eigenvalue weighted by atomic mass is 10.2. The van der Waals surface area contributed by atoms with Crippen LogP contribution in [0.4, 0.5) is 0 Å². The zero-order valence-corrected chi connectivity index (χ0v) is 21.4. The third-order valence-electron chi connectivity index (χ3n) is 5.94. The number of rotatable bonds is 11. The predicted molar refractivity (Wildman–Crippen MR) is 123 cm³/mol. The number of fused-ring (bicyclic) bond motifs is 1. The van der Waals surface area contributed by atoms with E-state index in [2.05, 4.69) is 44.6 Å². The highest BCUT2D eigenvalue weighted by atomic mass is 28.4. The Morgan fingerprint density at radius 1 is 1.28 bits per heavy atom. The highest BCUT2D eigenvalue weighted by Gasteiger charge is 2.42. The molecule has 2 heterocycles. The van der Waals surface area contributed by atoms with Gasteiger partial charge in [-0.2, -0.15) is 0 Å². The largest absolute Gasteiger partial charge is 0.491 e. The normalized spacial score (nSPS) is 16.1. The molecule has 1 aromatic heterocycles. The number of ether oxygens (including phenoxy) is 4. The van der Waals surface area contributed by atoms with Gasteiger partial charge in [0, 0.05) is 26.8 Å². The van der Waals surface area contributed by atoms with Crippen molar-refractivity contribution in [3.05, 3.63) is 27.7 Å². The maximum absolute atomic E-state index is 13.0. The van der Waals surface area contributed by atoms with Gasteiger partial charge in [0.05, 0.1) is 32.6 Å². The summed E-state index contributed by atoms with van der Waals surface area (Å²) in [5.41, 5.74) is 3.54. The summed E-state index contributed by atoms with van der Waals surface area (Å²) >= 11 is 0. The van der Waals surface area contributed by atoms with Gasteiger partial charge in [-0.1, -0.05) is 20.8 Å². The molecule has 1 aromatic rings. The van der Waals surface area contributed by atoms with Crippen molar-refractivity contribution in [2.75, 3.05) is 53.1 Å². The topological polar surface area (TPSA) is 109 Å². The van der Waals surface area contributed by atoms with Gasteiger partial charge in [-0.25, -0.2) is 0 Å². The third kappa shape index (κ3) is 5.90. The van der Waals surface area contributed by atoms with Crippen LogP contribution >= 0.6 is 0 Å². The summed E-state index contributed by atoms with van der Waals surface area (Å²) in [7, 11) is 2.32. The molecule has 0 spiro atoms. The second-order valence-corrected chi connectivity index (χ2v) is 13.9. The molecular weight excluding hydrogens is 434 g/mol. The molecular formula is C21H37N3O7Si. The molecule has 2 rings (SSSR count). The highest BCUT2D eigenvalue weighted by molar-refractivity contribution is 6.74. The van der Waals surface area contributed by atoms with Gasteiger partial charge in [-0.15, -0.1) is 0 Å². The second-order valence-electron chi connectivity index (χ2n) is 9.11. The van der Waals surface area contributed by atoms with E-state index in [1.54, 1.807) is 4.68 Å². The first kappa shape index (κ1) is 26.3. The van der Waals surface area contributed by atoms with Crippen molar-refractivity contribution in [2.45, 2.75) is 51.3 Å². The van der Waals surface area contributed by atoms with E-state index in [-0.39, 0.29) is 47.8 Å². The summed E-state index contributed by atoms with van der Waals surface area (Å²) in [6.07, 6.45) is -0.798. The van der Waals surface area contributed by atoms with Crippen molar-refractivity contribution in [1.29, 1.82) is 0 Å². The van der Waals surface area contributed by atoms with Gasteiger partial charge in [-0.3, -0.25) is 14.3 Å². The number of nitrogens with zero attached hydrogens (tertiary/aromatic N) is 1. The van der Waals surface area contributed by atoms with E-state index in [1.807, 2.05) is 0 Å². The Hall–Kier alpha value is -1.92. The Morgan fingerprint density at radius 2 is 1.94 bits per heavy atom. The number of methoxy groups -OCH3 is 3. The summed E-state index contributed by atoms with van der Waals surface area (Å²) in [5.74, 6) is -0.466. The molecule has 1 aliphatic rings. The number of pyridine rings is 1. The van der Waals surface area contributed by atoms with Crippen LogP contribution in [0.15, 0.2) is 10.9 Å². The number of amides is 1. The summed E-state index contributed by atoms with van der Waals surface area (Å²) in [6.45, 7) is 12.0. The van der Waals surface area contributed by atoms with Crippen LogP contribution in [0.2, 0.25) is 18.1 Å². The maximum Gasteiger partial charge on any atom is 0.273 e. The summed E-state index contributed by atoms with van der Waals surface area (Å²) in [5, 5.41) is 2.78. The molecule has 2 N–H and O–H groups in total. The first-order valence-electron chi connectivity index (χ1n) is 10.6. The molecule has 0 fully saturated rings. The zero-order chi connectivity index (χ0) is 24.1. The van der Waals surface area contributed by atoms with Crippen LogP contribution in [0, 0.1) is 0 Å². The van der Waals surface area contributed by atoms with Crippen molar-refractivity contribution in [3.8, 4) is 5.75 Å². The number of carbonyl (C=O) groups is 1. The van der Waals surface area contributed by atoms with Crippen LogP contribution in [0.1, 0.15) is 43.1 Å². The van der Waals surface area contributed by atoms with E-state index in [9.17, 15) is 9.59 Å². The fourth-order valence-electron chi connectivity index (χ4n) is 3.07. The Bertz CT molecular complexity index is 847. The fraction of sp³-hybridized carbons (Fsp3) is 0.714. The molecule has 0 radical (unpaired) electrons. The highest BCUT2D eigenvalue weighted by Crippen LogP contribution is 2.40. The smallest absolute Gasteiger partial charge is 0.273 e. The minimum atomic E-state index is -2.09. The van der Waals surface area contributed by atoms with E-state index in [0.717, 1.165) is 0 Å². The standard InChI is InChI=1S/C21H37N3O7Si/c1-21(2,3)32(7,8)31-16-12-23-24-14(16)11-15(25)19(29-6)18(24)20(26)22-9-10-30-13-17(27-4)28-5/h11,16-17,23H,9-10,12-13H2,1-8H3,(H,22,26). The van der Waals surface area contributed by atoms with Crippen molar-refractivity contribution < 1.29 is 28.2 Å². The molecule has 1 atom stereocenters. The lowest BCUT2D eigenvalue weighted by Crippen LogP contribution is -2.42. The minimum Gasteiger partial charge on any atom is -0.491 e. The van der Waals surface area contributed by atoms with Crippen LogP contribution < -0.4 is 20.9 Å². The van der Waals surface area contributed by atoms with Gasteiger partial charge < -0.3 is 34.1 Å². The SMILES string of the molecule is COc1c(C(=O)NCCOCC(OC)OC)n2c(cc1=O)C(O[Si](C)(C)C(C)(C)C)CN2. The Balaban J connectivity index is 2.18. The molecule has 0 aliphatic carbocycles. The summed E-state index contributed by atoms with van der Waals surface area (Å²) in [4.78, 5) is 25.7. The van der Waals surface area contributed by atoms with Gasteiger partial charge in [0.15, 0.2) is 26.1 Å². The molecule has 0 bridgehead atoms. The van der Waals surface area contributed by atoms with Gasteiger partial charge in [-0.05, 0) is 18.1 Å². The molecule has 182 valence electrons. The van der Waals surface area contributed by atoms with Crippen molar-refractivity contribution >= 4 is 14.2 Å². The average Bonchev–Trinajstić information content (AvgIpc) is 3.10.